The Morgan fingerprint density at radius 2 is 2.31 bits per heavy atom. The number of carbonyl (C=O) groups excluding carboxylic acids is 1. The van der Waals surface area contributed by atoms with Crippen LogP contribution in [0.15, 0.2) is 0 Å². The Morgan fingerprint density at radius 1 is 1.62 bits per heavy atom. The highest BCUT2D eigenvalue weighted by Gasteiger charge is 2.24. The molecule has 3 nitrogen and oxygen atoms in total. The monoisotopic (exact) mass is 249 g/mol. The number of hydrogen-bond donors (Lipinski definition) is 1. The Morgan fingerprint density at radius 3 is 2.77 bits per heavy atom. The van der Waals surface area contributed by atoms with Gasteiger partial charge in [-0.1, -0.05) is 15.9 Å². The maximum Gasteiger partial charge on any atom is 0.233 e. The normalized spacial score (nSPS) is 26.8. The summed E-state index contributed by atoms with van der Waals surface area (Å²) in [6, 6.07) is 0.218. The zero-order valence-electron chi connectivity index (χ0n) is 8.05. The maximum absolute atomic E-state index is 11.3. The molecule has 3 unspecified atom stereocenters. The van der Waals surface area contributed by atoms with Crippen molar-refractivity contribution in [2.24, 2.45) is 5.92 Å². The van der Waals surface area contributed by atoms with Gasteiger partial charge in [-0.05, 0) is 20.3 Å². The first-order chi connectivity index (χ1) is 6.11. The highest BCUT2D eigenvalue weighted by atomic mass is 79.9. The van der Waals surface area contributed by atoms with E-state index in [1.54, 1.807) is 0 Å². The second-order valence-corrected chi connectivity index (χ2v) is 4.91. The van der Waals surface area contributed by atoms with E-state index >= 15 is 0 Å². The summed E-state index contributed by atoms with van der Waals surface area (Å²) in [7, 11) is 0. The first-order valence-electron chi connectivity index (χ1n) is 4.63. The molecular formula is C9H16BrNO2. The summed E-state index contributed by atoms with van der Waals surface area (Å²) in [5.74, 6) is 0.537. The van der Waals surface area contributed by atoms with Crippen LogP contribution in [0.25, 0.3) is 0 Å². The van der Waals surface area contributed by atoms with Crippen LogP contribution in [0.1, 0.15) is 20.3 Å². The Hall–Kier alpha value is -0.0900. The molecule has 0 radical (unpaired) electrons. The van der Waals surface area contributed by atoms with Crippen LogP contribution in [-0.2, 0) is 9.53 Å². The van der Waals surface area contributed by atoms with E-state index in [0.717, 1.165) is 19.6 Å². The molecule has 1 rings (SSSR count). The standard InChI is InChI=1S/C9H16BrNO2/c1-6(10)9(12)11-7(2)8-3-4-13-5-8/h6-8H,3-5H2,1-2H3,(H,11,12). The lowest BCUT2D eigenvalue weighted by atomic mass is 10.0. The van der Waals surface area contributed by atoms with Crippen LogP contribution in [-0.4, -0.2) is 30.0 Å². The highest BCUT2D eigenvalue weighted by molar-refractivity contribution is 9.10. The molecule has 0 bridgehead atoms. The van der Waals surface area contributed by atoms with Crippen molar-refractivity contribution in [3.05, 3.63) is 0 Å². The maximum atomic E-state index is 11.3. The third kappa shape index (κ3) is 3.27. The van der Waals surface area contributed by atoms with Crippen LogP contribution >= 0.6 is 15.9 Å². The van der Waals surface area contributed by atoms with Crippen molar-refractivity contribution in [1.82, 2.24) is 5.32 Å². The summed E-state index contributed by atoms with van der Waals surface area (Å²) in [5.41, 5.74) is 0. The van der Waals surface area contributed by atoms with Crippen molar-refractivity contribution >= 4 is 21.8 Å². The molecule has 1 aliphatic rings. The lowest BCUT2D eigenvalue weighted by Gasteiger charge is -2.19. The molecule has 0 saturated carbocycles. The van der Waals surface area contributed by atoms with E-state index in [1.807, 2.05) is 13.8 Å². The molecule has 13 heavy (non-hydrogen) atoms. The van der Waals surface area contributed by atoms with Crippen LogP contribution in [0.4, 0.5) is 0 Å². The fraction of sp³-hybridized carbons (Fsp3) is 0.889. The van der Waals surface area contributed by atoms with Crippen molar-refractivity contribution < 1.29 is 9.53 Å². The number of carbonyl (C=O) groups is 1. The predicted octanol–water partition coefficient (Wildman–Crippen LogP) is 1.31. The van der Waals surface area contributed by atoms with Crippen molar-refractivity contribution in [3.63, 3.8) is 0 Å². The molecule has 1 amide bonds. The van der Waals surface area contributed by atoms with E-state index in [0.29, 0.717) is 5.92 Å². The molecule has 1 aliphatic heterocycles. The van der Waals surface area contributed by atoms with Crippen LogP contribution in [0.3, 0.4) is 0 Å². The summed E-state index contributed by atoms with van der Waals surface area (Å²) < 4.78 is 5.26. The molecule has 0 aromatic heterocycles. The van der Waals surface area contributed by atoms with Gasteiger partial charge in [0.15, 0.2) is 0 Å². The summed E-state index contributed by atoms with van der Waals surface area (Å²) in [6.45, 7) is 5.46. The van der Waals surface area contributed by atoms with Crippen LogP contribution in [0, 0.1) is 5.92 Å². The highest BCUT2D eigenvalue weighted by Crippen LogP contribution is 2.16. The largest absolute Gasteiger partial charge is 0.381 e. The summed E-state index contributed by atoms with van der Waals surface area (Å²) >= 11 is 3.23. The number of alkyl halides is 1. The number of hydrogen-bond acceptors (Lipinski definition) is 2. The minimum Gasteiger partial charge on any atom is -0.381 e. The van der Waals surface area contributed by atoms with Gasteiger partial charge in [0.2, 0.25) is 5.91 Å². The van der Waals surface area contributed by atoms with Crippen LogP contribution < -0.4 is 5.32 Å². The van der Waals surface area contributed by atoms with Gasteiger partial charge < -0.3 is 10.1 Å². The van der Waals surface area contributed by atoms with Crippen molar-refractivity contribution in [3.8, 4) is 0 Å². The molecule has 4 heteroatoms. The quantitative estimate of drug-likeness (QED) is 0.767. The predicted molar refractivity (Wildman–Crippen MR) is 54.9 cm³/mol. The molecule has 0 aromatic rings. The summed E-state index contributed by atoms with van der Waals surface area (Å²) in [5, 5.41) is 2.96. The van der Waals surface area contributed by atoms with E-state index in [9.17, 15) is 4.79 Å². The van der Waals surface area contributed by atoms with Gasteiger partial charge >= 0.3 is 0 Å². The first-order valence-corrected chi connectivity index (χ1v) is 5.55. The smallest absolute Gasteiger partial charge is 0.233 e. The Bertz CT molecular complexity index is 178. The Labute approximate surface area is 87.3 Å². The van der Waals surface area contributed by atoms with Gasteiger partial charge in [-0.3, -0.25) is 4.79 Å². The minimum atomic E-state index is -0.114. The molecule has 1 N–H and O–H groups in total. The second kappa shape index (κ2) is 4.96. The van der Waals surface area contributed by atoms with E-state index in [2.05, 4.69) is 21.2 Å². The molecule has 0 spiro atoms. The molecular weight excluding hydrogens is 234 g/mol. The van der Waals surface area contributed by atoms with Crippen LogP contribution in [0.2, 0.25) is 0 Å². The number of amides is 1. The number of nitrogens with one attached hydrogen (secondary N) is 1. The van der Waals surface area contributed by atoms with E-state index < -0.39 is 0 Å². The van der Waals surface area contributed by atoms with Crippen molar-refractivity contribution in [2.75, 3.05) is 13.2 Å². The zero-order valence-corrected chi connectivity index (χ0v) is 9.63. The lowest BCUT2D eigenvalue weighted by molar-refractivity contribution is -0.121. The summed E-state index contributed by atoms with van der Waals surface area (Å²) in [4.78, 5) is 11.2. The fourth-order valence-corrected chi connectivity index (χ4v) is 1.54. The molecule has 76 valence electrons. The summed E-state index contributed by atoms with van der Waals surface area (Å²) in [6.07, 6.45) is 1.05. The topological polar surface area (TPSA) is 38.3 Å². The zero-order chi connectivity index (χ0) is 9.84. The SMILES string of the molecule is CC(Br)C(=O)NC(C)C1CCOC1. The lowest BCUT2D eigenvalue weighted by Crippen LogP contribution is -2.41. The third-order valence-electron chi connectivity index (χ3n) is 2.40. The Balaban J connectivity index is 2.31. The van der Waals surface area contributed by atoms with Gasteiger partial charge in [0.1, 0.15) is 0 Å². The van der Waals surface area contributed by atoms with Gasteiger partial charge in [-0.2, -0.15) is 0 Å². The van der Waals surface area contributed by atoms with E-state index in [-0.39, 0.29) is 16.8 Å². The van der Waals surface area contributed by atoms with Gasteiger partial charge in [-0.25, -0.2) is 0 Å². The van der Waals surface area contributed by atoms with E-state index in [1.165, 1.54) is 0 Å². The van der Waals surface area contributed by atoms with Crippen molar-refractivity contribution in [1.29, 1.82) is 0 Å². The third-order valence-corrected chi connectivity index (χ3v) is 2.82. The first kappa shape index (κ1) is 11.0. The number of rotatable bonds is 3. The molecule has 0 aromatic carbocycles. The minimum absolute atomic E-state index is 0.0550. The molecule has 3 atom stereocenters. The average Bonchev–Trinajstić information content (AvgIpc) is 2.55. The molecule has 1 saturated heterocycles. The molecule has 0 aliphatic carbocycles. The number of ether oxygens (including phenoxy) is 1. The molecule has 1 fully saturated rings. The molecule has 1 heterocycles. The second-order valence-electron chi connectivity index (χ2n) is 3.54. The number of halogens is 1. The van der Waals surface area contributed by atoms with Gasteiger partial charge in [-0.15, -0.1) is 0 Å². The Kier molecular flexibility index (Phi) is 4.19. The van der Waals surface area contributed by atoms with Gasteiger partial charge in [0, 0.05) is 18.6 Å². The average molecular weight is 250 g/mol. The fourth-order valence-electron chi connectivity index (χ4n) is 1.40. The van der Waals surface area contributed by atoms with Gasteiger partial charge in [0.25, 0.3) is 0 Å². The van der Waals surface area contributed by atoms with Crippen LogP contribution in [0.5, 0.6) is 0 Å². The van der Waals surface area contributed by atoms with Crippen molar-refractivity contribution in [2.45, 2.75) is 31.1 Å². The van der Waals surface area contributed by atoms with E-state index in [4.69, 9.17) is 4.74 Å². The van der Waals surface area contributed by atoms with Gasteiger partial charge in [0.05, 0.1) is 11.4 Å².